The molecule has 3 heterocycles. The van der Waals surface area contributed by atoms with Crippen LogP contribution in [0, 0.1) is 19.7 Å². The average Bonchev–Trinajstić information content (AvgIpc) is 3.72. The molecular formula is C36H30FN5O2. The van der Waals surface area contributed by atoms with E-state index in [0.717, 1.165) is 44.3 Å². The lowest BCUT2D eigenvalue weighted by Gasteiger charge is -2.17. The third kappa shape index (κ3) is 4.80. The second-order valence-corrected chi connectivity index (χ2v) is 11.3. The number of aromatic nitrogens is 5. The first kappa shape index (κ1) is 27.2. The van der Waals surface area contributed by atoms with E-state index in [1.54, 1.807) is 12.1 Å². The van der Waals surface area contributed by atoms with Gasteiger partial charge >= 0.3 is 0 Å². The smallest absolute Gasteiger partial charge is 0.268 e. The van der Waals surface area contributed by atoms with Crippen molar-refractivity contribution in [1.29, 1.82) is 0 Å². The summed E-state index contributed by atoms with van der Waals surface area (Å²) in [5.74, 6) is -1.04. The molecule has 0 amide bonds. The summed E-state index contributed by atoms with van der Waals surface area (Å²) in [6.07, 6.45) is 2.01. The second kappa shape index (κ2) is 10.9. The number of nitrogens with one attached hydrogen (secondary N) is 4. The summed E-state index contributed by atoms with van der Waals surface area (Å²) >= 11 is 0. The van der Waals surface area contributed by atoms with Gasteiger partial charge in [-0.25, -0.2) is 4.39 Å². The molecule has 0 saturated heterocycles. The maximum atomic E-state index is 13.8. The van der Waals surface area contributed by atoms with Gasteiger partial charge in [0, 0.05) is 23.6 Å². The van der Waals surface area contributed by atoms with E-state index >= 15 is 0 Å². The fraction of sp³-hybridized carbons (Fsp3) is 0.111. The van der Waals surface area contributed by atoms with Crippen LogP contribution in [0.2, 0.25) is 0 Å². The van der Waals surface area contributed by atoms with E-state index in [2.05, 4.69) is 25.0 Å². The van der Waals surface area contributed by atoms with Crippen molar-refractivity contribution in [2.45, 2.75) is 26.3 Å². The number of H-pyrrole nitrogens is 4. The number of aromatic amines is 4. The topological polar surface area (TPSA) is 102 Å². The quantitative estimate of drug-likeness (QED) is 0.163. The molecule has 44 heavy (non-hydrogen) atoms. The summed E-state index contributed by atoms with van der Waals surface area (Å²) in [4.78, 5) is 27.6. The van der Waals surface area contributed by atoms with Crippen LogP contribution in [-0.2, 0) is 6.54 Å². The van der Waals surface area contributed by atoms with Crippen molar-refractivity contribution in [1.82, 2.24) is 25.0 Å². The minimum absolute atomic E-state index is 0.294. The minimum atomic E-state index is -0.744. The third-order valence-corrected chi connectivity index (χ3v) is 8.28. The standard InChI is InChI=1S/C36H30FN5O2/c1-21-7-13-24(14-8-21)33-31(35(43)40-38-33)30(32-34(39-41-36(32)44)25-15-9-22(2)10-16-25)28-20-42(29-6-4-3-5-27(28)29)19-23-11-17-26(37)18-12-23/h3-18,20,30H,19H2,1-2H3,(H2,38,40,43)(H2,39,41,44). The van der Waals surface area contributed by atoms with Gasteiger partial charge in [-0.3, -0.25) is 30.0 Å². The van der Waals surface area contributed by atoms with Crippen molar-refractivity contribution < 1.29 is 4.39 Å². The van der Waals surface area contributed by atoms with Gasteiger partial charge in [0.25, 0.3) is 11.1 Å². The van der Waals surface area contributed by atoms with E-state index in [1.807, 2.05) is 92.8 Å². The van der Waals surface area contributed by atoms with Gasteiger partial charge in [-0.15, -0.1) is 0 Å². The van der Waals surface area contributed by atoms with Gasteiger partial charge in [0.15, 0.2) is 0 Å². The molecule has 8 heteroatoms. The van der Waals surface area contributed by atoms with Crippen molar-refractivity contribution in [3.63, 3.8) is 0 Å². The summed E-state index contributed by atoms with van der Waals surface area (Å²) in [7, 11) is 0. The van der Waals surface area contributed by atoms with E-state index in [0.29, 0.717) is 29.1 Å². The fourth-order valence-electron chi connectivity index (χ4n) is 6.06. The van der Waals surface area contributed by atoms with Gasteiger partial charge in [-0.1, -0.05) is 90.0 Å². The number of fused-ring (bicyclic) bond motifs is 1. The molecule has 0 aliphatic heterocycles. The summed E-state index contributed by atoms with van der Waals surface area (Å²) in [5.41, 5.74) is 8.01. The molecule has 4 N–H and O–H groups in total. The molecule has 4 aromatic carbocycles. The van der Waals surface area contributed by atoms with Crippen molar-refractivity contribution in [2.75, 3.05) is 0 Å². The molecule has 218 valence electrons. The maximum Gasteiger partial charge on any atom is 0.268 e. The lowest BCUT2D eigenvalue weighted by molar-refractivity contribution is 0.626. The predicted molar refractivity (Wildman–Crippen MR) is 172 cm³/mol. The summed E-state index contributed by atoms with van der Waals surface area (Å²) in [6, 6.07) is 30.2. The molecule has 7 rings (SSSR count). The zero-order chi connectivity index (χ0) is 30.4. The van der Waals surface area contributed by atoms with Crippen molar-refractivity contribution in [3.05, 3.63) is 163 Å². The van der Waals surface area contributed by atoms with Crippen LogP contribution in [0.4, 0.5) is 4.39 Å². The van der Waals surface area contributed by atoms with Gasteiger partial charge in [0.1, 0.15) is 5.82 Å². The molecule has 0 aliphatic rings. The first-order valence-electron chi connectivity index (χ1n) is 14.4. The highest BCUT2D eigenvalue weighted by Crippen LogP contribution is 2.41. The molecule has 0 spiro atoms. The van der Waals surface area contributed by atoms with Gasteiger partial charge in [0.05, 0.1) is 28.4 Å². The Morgan fingerprint density at radius 1 is 0.659 bits per heavy atom. The van der Waals surface area contributed by atoms with Crippen molar-refractivity contribution >= 4 is 10.9 Å². The van der Waals surface area contributed by atoms with Crippen LogP contribution in [0.5, 0.6) is 0 Å². The summed E-state index contributed by atoms with van der Waals surface area (Å²) in [6.45, 7) is 4.50. The van der Waals surface area contributed by atoms with Crippen LogP contribution in [0.3, 0.4) is 0 Å². The van der Waals surface area contributed by atoms with Gasteiger partial charge in [-0.2, -0.15) is 0 Å². The Balaban J connectivity index is 1.51. The van der Waals surface area contributed by atoms with Gasteiger partial charge < -0.3 is 4.57 Å². The van der Waals surface area contributed by atoms with Crippen molar-refractivity contribution in [3.8, 4) is 22.5 Å². The van der Waals surface area contributed by atoms with E-state index in [-0.39, 0.29) is 16.9 Å². The number of para-hydroxylation sites is 1. The fourth-order valence-corrected chi connectivity index (χ4v) is 6.06. The van der Waals surface area contributed by atoms with E-state index in [4.69, 9.17) is 0 Å². The van der Waals surface area contributed by atoms with Gasteiger partial charge in [0.2, 0.25) is 0 Å². The van der Waals surface area contributed by atoms with Crippen LogP contribution >= 0.6 is 0 Å². The molecule has 7 aromatic rings. The highest BCUT2D eigenvalue weighted by atomic mass is 19.1. The SMILES string of the molecule is Cc1ccc(-c2[nH][nH]c(=O)c2C(c2c(-c3ccc(C)cc3)[nH][nH]c2=O)c2cn(Cc3ccc(F)cc3)c3ccccc23)cc1. The first-order chi connectivity index (χ1) is 21.4. The van der Waals surface area contributed by atoms with Gasteiger partial charge in [-0.05, 0) is 54.3 Å². The highest BCUT2D eigenvalue weighted by Gasteiger charge is 2.33. The van der Waals surface area contributed by atoms with E-state index in [1.165, 1.54) is 12.1 Å². The number of hydrogen-bond donors (Lipinski definition) is 4. The minimum Gasteiger partial charge on any atom is -0.343 e. The van der Waals surface area contributed by atoms with Crippen LogP contribution in [0.1, 0.15) is 39.3 Å². The average molecular weight is 584 g/mol. The van der Waals surface area contributed by atoms with Crippen LogP contribution < -0.4 is 11.1 Å². The highest BCUT2D eigenvalue weighted by molar-refractivity contribution is 5.87. The first-order valence-corrected chi connectivity index (χ1v) is 14.4. The molecule has 0 saturated carbocycles. The summed E-state index contributed by atoms with van der Waals surface area (Å²) < 4.78 is 15.8. The number of benzene rings is 4. The van der Waals surface area contributed by atoms with Crippen molar-refractivity contribution in [2.24, 2.45) is 0 Å². The zero-order valence-corrected chi connectivity index (χ0v) is 24.2. The van der Waals surface area contributed by atoms with Crippen LogP contribution in [-0.4, -0.2) is 25.0 Å². The maximum absolute atomic E-state index is 13.8. The molecule has 0 aliphatic carbocycles. The second-order valence-electron chi connectivity index (χ2n) is 11.3. The Bertz CT molecular complexity index is 2110. The normalized spacial score (nSPS) is 11.5. The molecule has 7 nitrogen and oxygen atoms in total. The zero-order valence-electron chi connectivity index (χ0n) is 24.2. The molecule has 0 bridgehead atoms. The Morgan fingerprint density at radius 2 is 1.18 bits per heavy atom. The number of hydrogen-bond acceptors (Lipinski definition) is 2. The number of aryl methyl sites for hydroxylation is 2. The molecule has 3 aromatic heterocycles. The Morgan fingerprint density at radius 3 is 1.73 bits per heavy atom. The molecule has 0 unspecified atom stereocenters. The molecule has 0 fully saturated rings. The lowest BCUT2D eigenvalue weighted by atomic mass is 9.83. The Hall–Kier alpha value is -5.63. The third-order valence-electron chi connectivity index (χ3n) is 8.28. The molecule has 0 atom stereocenters. The van der Waals surface area contributed by atoms with Crippen LogP contribution in [0.25, 0.3) is 33.4 Å². The summed E-state index contributed by atoms with van der Waals surface area (Å²) in [5, 5.41) is 12.7. The largest absolute Gasteiger partial charge is 0.343 e. The predicted octanol–water partition coefficient (Wildman–Crippen LogP) is 6.99. The monoisotopic (exact) mass is 583 g/mol. The number of nitrogens with zero attached hydrogens (tertiary/aromatic N) is 1. The van der Waals surface area contributed by atoms with E-state index < -0.39 is 5.92 Å². The lowest BCUT2D eigenvalue weighted by Crippen LogP contribution is -2.20. The Labute approximate surface area is 252 Å². The van der Waals surface area contributed by atoms with Crippen LogP contribution in [0.15, 0.2) is 113 Å². The molecular weight excluding hydrogens is 553 g/mol. The van der Waals surface area contributed by atoms with E-state index in [9.17, 15) is 14.0 Å². The Kier molecular flexibility index (Phi) is 6.74. The number of halogens is 1. The molecule has 0 radical (unpaired) electrons. The number of rotatable bonds is 7.